The number of amides is 1. The van der Waals surface area contributed by atoms with Gasteiger partial charge in [0.2, 0.25) is 0 Å². The molecule has 1 N–H and O–H groups in total. The Balaban J connectivity index is 2.00. The van der Waals surface area contributed by atoms with Crippen molar-refractivity contribution in [3.8, 4) is 0 Å². The van der Waals surface area contributed by atoms with Gasteiger partial charge in [-0.2, -0.15) is 8.78 Å². The van der Waals surface area contributed by atoms with Gasteiger partial charge in [-0.25, -0.2) is 0 Å². The Bertz CT molecular complexity index is 622. The van der Waals surface area contributed by atoms with Gasteiger partial charge < -0.3 is 5.32 Å². The third-order valence-electron chi connectivity index (χ3n) is 3.27. The van der Waals surface area contributed by atoms with Crippen LogP contribution in [0.25, 0.3) is 0 Å². The van der Waals surface area contributed by atoms with Gasteiger partial charge in [0.1, 0.15) is 0 Å². The Hall–Kier alpha value is -2.49. The summed E-state index contributed by atoms with van der Waals surface area (Å²) in [6.07, 6.45) is 0.0417. The molecular formula is C18H17F2NO. The number of hydrogen-bond acceptors (Lipinski definition) is 1. The summed E-state index contributed by atoms with van der Waals surface area (Å²) in [6, 6.07) is 17.5. The third-order valence-corrected chi connectivity index (χ3v) is 3.27. The Morgan fingerprint density at radius 1 is 1.00 bits per heavy atom. The number of hydrogen-bond donors (Lipinski definition) is 1. The van der Waals surface area contributed by atoms with Gasteiger partial charge in [0, 0.05) is 11.6 Å². The quantitative estimate of drug-likeness (QED) is 0.851. The number of aryl methyl sites for hydroxylation is 1. The van der Waals surface area contributed by atoms with Gasteiger partial charge in [-0.05, 0) is 30.5 Å². The van der Waals surface area contributed by atoms with Crippen molar-refractivity contribution in [2.24, 2.45) is 0 Å². The summed E-state index contributed by atoms with van der Waals surface area (Å²) in [4.78, 5) is 12.1. The average Bonchev–Trinajstić information content (AvgIpc) is 2.54. The van der Waals surface area contributed by atoms with E-state index in [1.807, 2.05) is 30.3 Å². The van der Waals surface area contributed by atoms with Gasteiger partial charge in [0.05, 0.1) is 6.04 Å². The molecular weight excluding hydrogens is 284 g/mol. The molecule has 114 valence electrons. The van der Waals surface area contributed by atoms with E-state index in [-0.39, 0.29) is 5.91 Å². The average molecular weight is 301 g/mol. The highest BCUT2D eigenvalue weighted by Gasteiger charge is 2.13. The zero-order valence-corrected chi connectivity index (χ0v) is 12.0. The highest BCUT2D eigenvalue weighted by molar-refractivity contribution is 5.94. The lowest BCUT2D eigenvalue weighted by Gasteiger charge is -2.15. The van der Waals surface area contributed by atoms with Crippen molar-refractivity contribution in [1.29, 1.82) is 0 Å². The van der Waals surface area contributed by atoms with Crippen molar-refractivity contribution in [2.75, 3.05) is 0 Å². The number of carbonyl (C=O) groups excluding carboxylic acids is 1. The van der Waals surface area contributed by atoms with Crippen molar-refractivity contribution in [2.45, 2.75) is 18.9 Å². The minimum absolute atomic E-state index is 0.351. The minimum Gasteiger partial charge on any atom is -0.346 e. The van der Waals surface area contributed by atoms with Crippen molar-refractivity contribution in [3.05, 3.63) is 83.9 Å². The molecule has 2 nitrogen and oxygen atoms in total. The third kappa shape index (κ3) is 5.13. The van der Waals surface area contributed by atoms with Crippen molar-refractivity contribution >= 4 is 5.91 Å². The molecule has 0 saturated carbocycles. The predicted molar refractivity (Wildman–Crippen MR) is 82.8 cm³/mol. The van der Waals surface area contributed by atoms with Crippen LogP contribution in [0.4, 0.5) is 8.78 Å². The fourth-order valence-electron chi connectivity index (χ4n) is 2.16. The molecule has 2 aromatic carbocycles. The molecule has 22 heavy (non-hydrogen) atoms. The smallest absolute Gasteiger partial charge is 0.268 e. The normalized spacial score (nSPS) is 11.5. The lowest BCUT2D eigenvalue weighted by atomic mass is 10.0. The Morgan fingerprint density at radius 3 is 2.18 bits per heavy atom. The molecule has 0 aliphatic heterocycles. The number of benzene rings is 2. The first-order valence-corrected chi connectivity index (χ1v) is 7.08. The van der Waals surface area contributed by atoms with Crippen LogP contribution in [0.3, 0.4) is 0 Å². The van der Waals surface area contributed by atoms with Crippen LogP contribution in [-0.4, -0.2) is 11.9 Å². The summed E-state index contributed by atoms with van der Waals surface area (Å²) < 4.78 is 25.1. The summed E-state index contributed by atoms with van der Waals surface area (Å²) in [5, 5.41) is 2.64. The van der Waals surface area contributed by atoms with E-state index in [1.165, 1.54) is 0 Å². The van der Waals surface area contributed by atoms with E-state index in [2.05, 4.69) is 5.32 Å². The van der Waals surface area contributed by atoms with Crippen LogP contribution in [0.5, 0.6) is 0 Å². The number of carbonyl (C=O) groups is 1. The summed E-state index contributed by atoms with van der Waals surface area (Å²) in [6.45, 7) is 0. The molecule has 4 heteroatoms. The fourth-order valence-corrected chi connectivity index (χ4v) is 2.16. The second-order valence-corrected chi connectivity index (χ2v) is 4.93. The van der Waals surface area contributed by atoms with E-state index < -0.39 is 12.1 Å². The SMILES string of the molecule is O=C(NC(C=C(F)F)CCc1ccccc1)c1ccccc1. The Morgan fingerprint density at radius 2 is 1.59 bits per heavy atom. The van der Waals surface area contributed by atoms with Gasteiger partial charge >= 0.3 is 0 Å². The number of nitrogens with one attached hydrogen (secondary N) is 1. The van der Waals surface area contributed by atoms with Crippen LogP contribution in [-0.2, 0) is 6.42 Å². The molecule has 0 aromatic heterocycles. The van der Waals surface area contributed by atoms with Crippen LogP contribution in [0.2, 0.25) is 0 Å². The Labute approximate surface area is 128 Å². The van der Waals surface area contributed by atoms with Crippen molar-refractivity contribution in [3.63, 3.8) is 0 Å². The maximum absolute atomic E-state index is 12.6. The Kier molecular flexibility index (Phi) is 5.83. The summed E-state index contributed by atoms with van der Waals surface area (Å²) in [5.41, 5.74) is 1.51. The summed E-state index contributed by atoms with van der Waals surface area (Å²) >= 11 is 0. The van der Waals surface area contributed by atoms with E-state index in [0.717, 1.165) is 11.6 Å². The zero-order valence-electron chi connectivity index (χ0n) is 12.0. The van der Waals surface area contributed by atoms with Gasteiger partial charge in [-0.1, -0.05) is 48.5 Å². The fraction of sp³-hybridized carbons (Fsp3) is 0.167. The van der Waals surface area contributed by atoms with Crippen LogP contribution in [0, 0.1) is 0 Å². The lowest BCUT2D eigenvalue weighted by Crippen LogP contribution is -2.34. The van der Waals surface area contributed by atoms with Gasteiger partial charge in [-0.15, -0.1) is 0 Å². The van der Waals surface area contributed by atoms with Crippen LogP contribution in [0.15, 0.2) is 72.8 Å². The monoisotopic (exact) mass is 301 g/mol. The van der Waals surface area contributed by atoms with Crippen LogP contribution >= 0.6 is 0 Å². The van der Waals surface area contributed by atoms with Crippen molar-refractivity contribution < 1.29 is 13.6 Å². The highest BCUT2D eigenvalue weighted by Crippen LogP contribution is 2.10. The van der Waals surface area contributed by atoms with Gasteiger partial charge in [-0.3, -0.25) is 4.79 Å². The van der Waals surface area contributed by atoms with Crippen LogP contribution in [0.1, 0.15) is 22.3 Å². The minimum atomic E-state index is -1.79. The second kappa shape index (κ2) is 8.08. The van der Waals surface area contributed by atoms with E-state index in [9.17, 15) is 13.6 Å². The molecule has 2 rings (SSSR count). The topological polar surface area (TPSA) is 29.1 Å². The van der Waals surface area contributed by atoms with E-state index in [0.29, 0.717) is 18.4 Å². The van der Waals surface area contributed by atoms with E-state index in [1.54, 1.807) is 30.3 Å². The largest absolute Gasteiger partial charge is 0.346 e. The first-order valence-electron chi connectivity index (χ1n) is 7.08. The first kappa shape index (κ1) is 15.9. The number of rotatable bonds is 6. The van der Waals surface area contributed by atoms with Crippen LogP contribution < -0.4 is 5.32 Å². The molecule has 1 atom stereocenters. The van der Waals surface area contributed by atoms with E-state index >= 15 is 0 Å². The molecule has 0 bridgehead atoms. The zero-order chi connectivity index (χ0) is 15.8. The first-order chi connectivity index (χ1) is 10.6. The molecule has 0 saturated heterocycles. The maximum Gasteiger partial charge on any atom is 0.268 e. The second-order valence-electron chi connectivity index (χ2n) is 4.93. The molecule has 0 heterocycles. The van der Waals surface area contributed by atoms with Gasteiger partial charge in [0.15, 0.2) is 0 Å². The molecule has 0 spiro atoms. The van der Waals surface area contributed by atoms with Crippen molar-refractivity contribution in [1.82, 2.24) is 5.32 Å². The number of halogens is 2. The highest BCUT2D eigenvalue weighted by atomic mass is 19.3. The molecule has 0 aliphatic rings. The molecule has 0 radical (unpaired) electrons. The van der Waals surface area contributed by atoms with E-state index in [4.69, 9.17) is 0 Å². The lowest BCUT2D eigenvalue weighted by molar-refractivity contribution is 0.0942. The van der Waals surface area contributed by atoms with Gasteiger partial charge in [0.25, 0.3) is 12.0 Å². The standard InChI is InChI=1S/C18H17F2NO/c19-17(20)13-16(12-11-14-7-3-1-4-8-14)21-18(22)15-9-5-2-6-10-15/h1-10,13,16H,11-12H2,(H,21,22). The molecule has 0 aliphatic carbocycles. The molecule has 1 amide bonds. The molecule has 1 unspecified atom stereocenters. The molecule has 0 fully saturated rings. The molecule has 2 aromatic rings. The summed E-state index contributed by atoms with van der Waals surface area (Å²) in [5.74, 6) is -0.351. The summed E-state index contributed by atoms with van der Waals surface area (Å²) in [7, 11) is 0. The predicted octanol–water partition coefficient (Wildman–Crippen LogP) is 4.20. The maximum atomic E-state index is 12.6.